The summed E-state index contributed by atoms with van der Waals surface area (Å²) < 4.78 is 6.76. The monoisotopic (exact) mass is 653 g/mol. The van der Waals surface area contributed by atoms with Crippen LogP contribution in [0.25, 0.3) is 33.0 Å². The first-order valence-corrected chi connectivity index (χ1v) is 17.4. The van der Waals surface area contributed by atoms with Crippen molar-refractivity contribution in [2.24, 2.45) is 4.99 Å². The molecular weight excluding hydrogens is 619 g/mol. The average molecular weight is 654 g/mol. The summed E-state index contributed by atoms with van der Waals surface area (Å²) >= 11 is 1.73. The number of aromatic nitrogens is 2. The first-order valence-electron chi connectivity index (χ1n) is 16.6. The number of allylic oxidation sites excluding steroid dienone is 5. The molecule has 5 heterocycles. The van der Waals surface area contributed by atoms with Crippen molar-refractivity contribution in [1.82, 2.24) is 14.9 Å². The van der Waals surface area contributed by atoms with Crippen LogP contribution in [-0.4, -0.2) is 71.7 Å². The Hall–Kier alpha value is -4.99. The predicted molar refractivity (Wildman–Crippen MR) is 193 cm³/mol. The van der Waals surface area contributed by atoms with Crippen molar-refractivity contribution < 1.29 is 14.3 Å². The quantitative estimate of drug-likeness (QED) is 0.188. The number of para-hydroxylation sites is 1. The summed E-state index contributed by atoms with van der Waals surface area (Å²) in [4.78, 5) is 46.1. The van der Waals surface area contributed by atoms with Gasteiger partial charge in [0.15, 0.2) is 17.4 Å². The van der Waals surface area contributed by atoms with Crippen LogP contribution in [0.5, 0.6) is 0 Å². The van der Waals surface area contributed by atoms with Crippen LogP contribution in [0.15, 0.2) is 90.0 Å². The van der Waals surface area contributed by atoms with Crippen LogP contribution in [0.4, 0.5) is 11.5 Å². The molecule has 8 rings (SSSR count). The van der Waals surface area contributed by atoms with Crippen molar-refractivity contribution in [2.75, 3.05) is 44.3 Å². The molecule has 9 heteroatoms. The summed E-state index contributed by atoms with van der Waals surface area (Å²) in [5.74, 6) is 1.64. The van der Waals surface area contributed by atoms with E-state index in [0.717, 1.165) is 80.5 Å². The maximum Gasteiger partial charge on any atom is 0.223 e. The zero-order valence-corrected chi connectivity index (χ0v) is 27.4. The van der Waals surface area contributed by atoms with E-state index in [1.807, 2.05) is 41.3 Å². The SMILES string of the molecule is O=C(/C=C/c1ccccc1)CCC(=O)N1CC=C(c2cc3nc(C4=C5C(=Nc6ccccc65)CC=C4)nc(N4CCOCC4)c3s2)CC1. The van der Waals surface area contributed by atoms with Crippen molar-refractivity contribution in [3.63, 3.8) is 0 Å². The molecule has 0 saturated carbocycles. The largest absolute Gasteiger partial charge is 0.378 e. The highest BCUT2D eigenvalue weighted by Gasteiger charge is 2.29. The van der Waals surface area contributed by atoms with Crippen molar-refractivity contribution in [2.45, 2.75) is 25.7 Å². The molecule has 4 aliphatic rings. The number of aliphatic imine (C=N–C) groups is 1. The summed E-state index contributed by atoms with van der Waals surface area (Å²) in [5, 5.41) is 0. The van der Waals surface area contributed by atoms with E-state index in [4.69, 9.17) is 19.7 Å². The summed E-state index contributed by atoms with van der Waals surface area (Å²) in [6, 6.07) is 20.2. The molecule has 1 fully saturated rings. The van der Waals surface area contributed by atoms with Gasteiger partial charge in [0.2, 0.25) is 5.91 Å². The molecule has 0 atom stereocenters. The highest BCUT2D eigenvalue weighted by Crippen LogP contribution is 2.44. The Morgan fingerprint density at radius 1 is 0.958 bits per heavy atom. The van der Waals surface area contributed by atoms with Gasteiger partial charge in [0, 0.05) is 67.0 Å². The summed E-state index contributed by atoms with van der Waals surface area (Å²) in [6.07, 6.45) is 11.8. The van der Waals surface area contributed by atoms with E-state index >= 15 is 0 Å². The third-order valence-corrected chi connectivity index (χ3v) is 10.4. The predicted octanol–water partition coefficient (Wildman–Crippen LogP) is 7.16. The van der Waals surface area contributed by atoms with E-state index < -0.39 is 0 Å². The number of carbonyl (C=O) groups excluding carboxylic acids is 2. The Labute approximate surface area is 283 Å². The number of fused-ring (bicyclic) bond motifs is 4. The fraction of sp³-hybridized carbons (Fsp3) is 0.256. The lowest BCUT2D eigenvalue weighted by Gasteiger charge is -2.28. The van der Waals surface area contributed by atoms with Gasteiger partial charge in [0.05, 0.1) is 34.8 Å². The van der Waals surface area contributed by atoms with Gasteiger partial charge in [-0.1, -0.05) is 72.8 Å². The van der Waals surface area contributed by atoms with Crippen LogP contribution < -0.4 is 4.90 Å². The van der Waals surface area contributed by atoms with Gasteiger partial charge in [-0.3, -0.25) is 14.6 Å². The van der Waals surface area contributed by atoms with Crippen LogP contribution >= 0.6 is 11.3 Å². The van der Waals surface area contributed by atoms with Crippen LogP contribution in [0.3, 0.4) is 0 Å². The second kappa shape index (κ2) is 13.3. The second-order valence-electron chi connectivity index (χ2n) is 12.3. The first-order chi connectivity index (χ1) is 23.6. The van der Waals surface area contributed by atoms with Crippen molar-refractivity contribution in [3.8, 4) is 0 Å². The van der Waals surface area contributed by atoms with Crippen LogP contribution in [0, 0.1) is 0 Å². The molecule has 0 spiro atoms. The highest BCUT2D eigenvalue weighted by molar-refractivity contribution is 7.20. The maximum absolute atomic E-state index is 13.0. The Kier molecular flexibility index (Phi) is 8.38. The van der Waals surface area contributed by atoms with Gasteiger partial charge in [-0.2, -0.15) is 0 Å². The molecule has 0 radical (unpaired) electrons. The fourth-order valence-electron chi connectivity index (χ4n) is 6.67. The van der Waals surface area contributed by atoms with Gasteiger partial charge in [-0.15, -0.1) is 11.3 Å². The molecule has 4 aromatic rings. The van der Waals surface area contributed by atoms with E-state index in [9.17, 15) is 9.59 Å². The topological polar surface area (TPSA) is 88.0 Å². The average Bonchev–Trinajstić information content (AvgIpc) is 3.75. The van der Waals surface area contributed by atoms with Gasteiger partial charge < -0.3 is 14.5 Å². The summed E-state index contributed by atoms with van der Waals surface area (Å²) in [6.45, 7) is 4.05. The van der Waals surface area contributed by atoms with E-state index in [1.165, 1.54) is 5.57 Å². The molecule has 0 bridgehead atoms. The molecule has 1 amide bonds. The van der Waals surface area contributed by atoms with Crippen molar-refractivity contribution in [3.05, 3.63) is 107 Å². The van der Waals surface area contributed by atoms with Crippen molar-refractivity contribution in [1.29, 1.82) is 0 Å². The molecule has 240 valence electrons. The second-order valence-corrected chi connectivity index (χ2v) is 13.3. The number of hydrogen-bond acceptors (Lipinski definition) is 8. The zero-order valence-electron chi connectivity index (χ0n) is 26.6. The molecule has 1 saturated heterocycles. The first kappa shape index (κ1) is 30.4. The number of benzene rings is 2. The number of anilines is 1. The van der Waals surface area contributed by atoms with Gasteiger partial charge >= 0.3 is 0 Å². The van der Waals surface area contributed by atoms with Crippen LogP contribution in [0.2, 0.25) is 0 Å². The lowest BCUT2D eigenvalue weighted by atomic mass is 9.91. The van der Waals surface area contributed by atoms with Gasteiger partial charge in [-0.05, 0) is 35.8 Å². The summed E-state index contributed by atoms with van der Waals surface area (Å²) in [7, 11) is 0. The zero-order chi connectivity index (χ0) is 32.5. The minimum Gasteiger partial charge on any atom is -0.378 e. The molecule has 0 N–H and O–H groups in total. The Morgan fingerprint density at radius 2 is 1.79 bits per heavy atom. The molecular formula is C39H35N5O3S. The van der Waals surface area contributed by atoms with Gasteiger partial charge in [0.25, 0.3) is 0 Å². The Bertz CT molecular complexity index is 2070. The maximum atomic E-state index is 13.0. The molecule has 2 aromatic carbocycles. The smallest absolute Gasteiger partial charge is 0.223 e. The van der Waals surface area contributed by atoms with E-state index in [0.29, 0.717) is 32.1 Å². The van der Waals surface area contributed by atoms with Gasteiger partial charge in [0.1, 0.15) is 0 Å². The molecule has 48 heavy (non-hydrogen) atoms. The normalized spacial score (nSPS) is 17.5. The number of thiophene rings is 1. The van der Waals surface area contributed by atoms with Crippen molar-refractivity contribution >= 4 is 73.3 Å². The number of carbonyl (C=O) groups is 2. The Balaban J connectivity index is 1.04. The third kappa shape index (κ3) is 6.07. The van der Waals surface area contributed by atoms with E-state index in [2.05, 4.69) is 47.4 Å². The number of ketones is 1. The van der Waals surface area contributed by atoms with E-state index in [1.54, 1.807) is 23.5 Å². The molecule has 0 unspecified atom stereocenters. The van der Waals surface area contributed by atoms with E-state index in [-0.39, 0.29) is 24.5 Å². The standard InChI is InChI=1S/C39H35N5O3S/c45-28(14-13-26-7-2-1-3-8-26)15-16-35(46)43-19-17-27(18-20-43)34-25-33-37(48-34)39(44-21-23-47-24-22-44)42-38(41-33)30-10-6-12-32-36(30)29-9-4-5-11-31(29)40-32/h1-11,13-14,17,25H,12,15-16,18-24H2/b14-13+. The number of morpholine rings is 1. The highest BCUT2D eigenvalue weighted by atomic mass is 32.1. The Morgan fingerprint density at radius 3 is 2.62 bits per heavy atom. The van der Waals surface area contributed by atoms with Crippen LogP contribution in [0.1, 0.15) is 47.5 Å². The fourth-order valence-corrected chi connectivity index (χ4v) is 7.86. The third-order valence-electron chi connectivity index (χ3n) is 9.21. The lowest BCUT2D eigenvalue weighted by molar-refractivity contribution is -0.132. The number of rotatable bonds is 8. The molecule has 1 aliphatic carbocycles. The molecule has 3 aliphatic heterocycles. The number of ether oxygens (including phenoxy) is 1. The summed E-state index contributed by atoms with van der Waals surface area (Å²) in [5.41, 5.74) is 8.46. The molecule has 8 nitrogen and oxygen atoms in total. The van der Waals surface area contributed by atoms with Crippen LogP contribution in [-0.2, 0) is 14.3 Å². The molecule has 2 aromatic heterocycles. The lowest BCUT2D eigenvalue weighted by Crippen LogP contribution is -2.37. The number of amides is 1. The van der Waals surface area contributed by atoms with Gasteiger partial charge in [-0.25, -0.2) is 9.97 Å². The minimum absolute atomic E-state index is 0.0136. The number of nitrogens with zero attached hydrogens (tertiary/aromatic N) is 5. The number of hydrogen-bond donors (Lipinski definition) is 0. The minimum atomic E-state index is -0.0387.